The van der Waals surface area contributed by atoms with E-state index in [0.717, 1.165) is 18.3 Å². The fraction of sp³-hybridized carbons (Fsp3) is 0.471. The van der Waals surface area contributed by atoms with Gasteiger partial charge in [0.1, 0.15) is 5.82 Å². The Morgan fingerprint density at radius 3 is 2.71 bits per heavy atom. The Morgan fingerprint density at radius 2 is 2.05 bits per heavy atom. The molecule has 3 nitrogen and oxygen atoms in total. The molecule has 0 saturated carbocycles. The number of piperidine rings is 1. The number of halogens is 1. The Bertz CT molecular complexity index is 556. The Morgan fingerprint density at radius 1 is 1.33 bits per heavy atom. The molecule has 0 radical (unpaired) electrons. The number of rotatable bonds is 3. The second-order valence-corrected chi connectivity index (χ2v) is 6.13. The highest BCUT2D eigenvalue weighted by molar-refractivity contribution is 5.85. The number of aliphatic carboxylic acids is 1. The van der Waals surface area contributed by atoms with Gasteiger partial charge in [-0.15, -0.1) is 0 Å². The maximum absolute atomic E-state index is 13.8. The summed E-state index contributed by atoms with van der Waals surface area (Å²) in [5.41, 5.74) is 1.40. The Labute approximate surface area is 125 Å². The molecule has 0 spiro atoms. The third-order valence-electron chi connectivity index (χ3n) is 4.25. The van der Waals surface area contributed by atoms with Crippen LogP contribution in [-0.4, -0.2) is 23.7 Å². The molecule has 1 aromatic rings. The molecule has 0 amide bonds. The van der Waals surface area contributed by atoms with E-state index in [-0.39, 0.29) is 5.82 Å². The Kier molecular flexibility index (Phi) is 4.66. The van der Waals surface area contributed by atoms with Crippen molar-refractivity contribution in [2.24, 2.45) is 11.8 Å². The van der Waals surface area contributed by atoms with Gasteiger partial charge in [-0.1, -0.05) is 13.8 Å². The molecule has 1 fully saturated rings. The molecule has 3 atom stereocenters. The van der Waals surface area contributed by atoms with Crippen LogP contribution in [0.5, 0.6) is 0 Å². The summed E-state index contributed by atoms with van der Waals surface area (Å²) in [5.74, 6) is -0.252. The highest BCUT2D eigenvalue weighted by Gasteiger charge is 2.29. The lowest BCUT2D eigenvalue weighted by Crippen LogP contribution is -2.45. The van der Waals surface area contributed by atoms with Crippen molar-refractivity contribution in [1.29, 1.82) is 0 Å². The van der Waals surface area contributed by atoms with Gasteiger partial charge in [0.05, 0.1) is 0 Å². The van der Waals surface area contributed by atoms with Crippen molar-refractivity contribution < 1.29 is 14.3 Å². The van der Waals surface area contributed by atoms with Gasteiger partial charge < -0.3 is 10.0 Å². The summed E-state index contributed by atoms with van der Waals surface area (Å²) in [4.78, 5) is 12.8. The number of hydrogen-bond donors (Lipinski definition) is 1. The van der Waals surface area contributed by atoms with Gasteiger partial charge in [0, 0.05) is 24.4 Å². The van der Waals surface area contributed by atoms with Crippen molar-refractivity contribution in [3.63, 3.8) is 0 Å². The highest BCUT2D eigenvalue weighted by Crippen LogP contribution is 2.32. The molecular formula is C17H22FNO2. The van der Waals surface area contributed by atoms with Crippen LogP contribution in [0.4, 0.5) is 10.1 Å². The number of carboxylic acids is 1. The van der Waals surface area contributed by atoms with E-state index >= 15 is 0 Å². The molecule has 1 aromatic carbocycles. The molecular weight excluding hydrogens is 269 g/mol. The molecule has 3 unspecified atom stereocenters. The smallest absolute Gasteiger partial charge is 0.328 e. The van der Waals surface area contributed by atoms with E-state index in [4.69, 9.17) is 5.11 Å². The second-order valence-electron chi connectivity index (χ2n) is 6.13. The van der Waals surface area contributed by atoms with E-state index in [2.05, 4.69) is 25.7 Å². The number of carbonyl (C=O) groups is 1. The Hall–Kier alpha value is -1.84. The first-order chi connectivity index (χ1) is 9.86. The van der Waals surface area contributed by atoms with E-state index in [9.17, 15) is 9.18 Å². The van der Waals surface area contributed by atoms with Crippen molar-refractivity contribution in [3.8, 4) is 0 Å². The fourth-order valence-corrected chi connectivity index (χ4v) is 3.08. The molecule has 1 aliphatic rings. The van der Waals surface area contributed by atoms with Gasteiger partial charge in [-0.25, -0.2) is 9.18 Å². The van der Waals surface area contributed by atoms with Crippen LogP contribution in [0.2, 0.25) is 0 Å². The lowest BCUT2D eigenvalue weighted by molar-refractivity contribution is -0.131. The standard InChI is InChI=1S/C17H22FNO2/c1-11-6-12(2)13(3)19(10-11)16-8-14(4-5-17(20)21)7-15(18)9-16/h4-5,7-9,11-13H,6,10H2,1-3H3,(H,20,21)/b5-4+. The molecule has 2 rings (SSSR count). The summed E-state index contributed by atoms with van der Waals surface area (Å²) in [6.07, 6.45) is 3.64. The van der Waals surface area contributed by atoms with E-state index in [1.165, 1.54) is 24.6 Å². The van der Waals surface area contributed by atoms with Gasteiger partial charge in [0.15, 0.2) is 0 Å². The summed E-state index contributed by atoms with van der Waals surface area (Å²) >= 11 is 0. The summed E-state index contributed by atoms with van der Waals surface area (Å²) < 4.78 is 13.8. The van der Waals surface area contributed by atoms with Crippen LogP contribution < -0.4 is 4.90 Å². The van der Waals surface area contributed by atoms with Gasteiger partial charge in [0.2, 0.25) is 0 Å². The summed E-state index contributed by atoms with van der Waals surface area (Å²) in [5, 5.41) is 8.68. The number of carboxylic acid groups (broad SMARTS) is 1. The molecule has 4 heteroatoms. The first-order valence-corrected chi connectivity index (χ1v) is 7.35. The van der Waals surface area contributed by atoms with Crippen molar-refractivity contribution in [2.45, 2.75) is 33.2 Å². The van der Waals surface area contributed by atoms with Gasteiger partial charge in [-0.05, 0) is 55.0 Å². The highest BCUT2D eigenvalue weighted by atomic mass is 19.1. The quantitative estimate of drug-likeness (QED) is 0.861. The lowest BCUT2D eigenvalue weighted by atomic mass is 9.85. The van der Waals surface area contributed by atoms with Crippen molar-refractivity contribution in [2.75, 3.05) is 11.4 Å². The molecule has 114 valence electrons. The largest absolute Gasteiger partial charge is 0.478 e. The minimum atomic E-state index is -1.03. The fourth-order valence-electron chi connectivity index (χ4n) is 3.08. The number of benzene rings is 1. The number of hydrogen-bond acceptors (Lipinski definition) is 2. The van der Waals surface area contributed by atoms with E-state index in [1.807, 2.05) is 6.07 Å². The predicted molar refractivity (Wildman–Crippen MR) is 82.8 cm³/mol. The van der Waals surface area contributed by atoms with Crippen molar-refractivity contribution in [3.05, 3.63) is 35.7 Å². The summed E-state index contributed by atoms with van der Waals surface area (Å²) in [6.45, 7) is 7.49. The first-order valence-electron chi connectivity index (χ1n) is 7.35. The molecule has 21 heavy (non-hydrogen) atoms. The molecule has 1 N–H and O–H groups in total. The molecule has 0 aliphatic carbocycles. The first kappa shape index (κ1) is 15.5. The number of anilines is 1. The second kappa shape index (κ2) is 6.29. The van der Waals surface area contributed by atoms with Gasteiger partial charge in [-0.3, -0.25) is 0 Å². The Balaban J connectivity index is 2.32. The monoisotopic (exact) mass is 291 g/mol. The van der Waals surface area contributed by atoms with Crippen LogP contribution in [0.15, 0.2) is 24.3 Å². The van der Waals surface area contributed by atoms with Crippen LogP contribution in [-0.2, 0) is 4.79 Å². The van der Waals surface area contributed by atoms with Crippen molar-refractivity contribution >= 4 is 17.7 Å². The predicted octanol–water partition coefficient (Wildman–Crippen LogP) is 3.79. The van der Waals surface area contributed by atoms with Crippen LogP contribution in [0, 0.1) is 17.7 Å². The molecule has 0 bridgehead atoms. The zero-order valence-electron chi connectivity index (χ0n) is 12.7. The van der Waals surface area contributed by atoms with Crippen LogP contribution >= 0.6 is 0 Å². The van der Waals surface area contributed by atoms with Crippen molar-refractivity contribution in [1.82, 2.24) is 0 Å². The SMILES string of the molecule is CC1CC(C)C(C)N(c2cc(F)cc(/C=C/C(=O)O)c2)C1. The molecule has 0 aromatic heterocycles. The summed E-state index contributed by atoms with van der Waals surface area (Å²) in [6, 6.07) is 5.08. The van der Waals surface area contributed by atoms with E-state index in [1.54, 1.807) is 0 Å². The van der Waals surface area contributed by atoms with Gasteiger partial charge in [0.25, 0.3) is 0 Å². The zero-order valence-corrected chi connectivity index (χ0v) is 12.7. The van der Waals surface area contributed by atoms with Gasteiger partial charge in [-0.2, -0.15) is 0 Å². The third-order valence-corrected chi connectivity index (χ3v) is 4.25. The van der Waals surface area contributed by atoms with E-state index < -0.39 is 5.97 Å². The maximum Gasteiger partial charge on any atom is 0.328 e. The van der Waals surface area contributed by atoms with Crippen LogP contribution in [0.3, 0.4) is 0 Å². The normalized spacial score (nSPS) is 26.3. The maximum atomic E-state index is 13.8. The molecule has 1 heterocycles. The average molecular weight is 291 g/mol. The lowest BCUT2D eigenvalue weighted by Gasteiger charge is -2.42. The molecule has 1 saturated heterocycles. The van der Waals surface area contributed by atoms with Crippen LogP contribution in [0.25, 0.3) is 6.08 Å². The van der Waals surface area contributed by atoms with Crippen LogP contribution in [0.1, 0.15) is 32.8 Å². The van der Waals surface area contributed by atoms with E-state index in [0.29, 0.717) is 23.4 Å². The average Bonchev–Trinajstić information content (AvgIpc) is 2.40. The molecule has 1 aliphatic heterocycles. The van der Waals surface area contributed by atoms with Gasteiger partial charge >= 0.3 is 5.97 Å². The topological polar surface area (TPSA) is 40.5 Å². The minimum absolute atomic E-state index is 0.337. The zero-order chi connectivity index (χ0) is 15.6. The summed E-state index contributed by atoms with van der Waals surface area (Å²) in [7, 11) is 0. The third kappa shape index (κ3) is 3.84. The minimum Gasteiger partial charge on any atom is -0.478 e. The number of nitrogens with zero attached hydrogens (tertiary/aromatic N) is 1.